The van der Waals surface area contributed by atoms with Crippen molar-refractivity contribution in [3.05, 3.63) is 41.2 Å². The Bertz CT molecular complexity index is 629. The number of carboxylic acid groups (broad SMARTS) is 1. The fourth-order valence-electron chi connectivity index (χ4n) is 1.69. The summed E-state index contributed by atoms with van der Waals surface area (Å²) in [5, 5.41) is 9.03. The summed E-state index contributed by atoms with van der Waals surface area (Å²) < 4.78 is 5.56. The van der Waals surface area contributed by atoms with Crippen molar-refractivity contribution >= 4 is 17.6 Å². The summed E-state index contributed by atoms with van der Waals surface area (Å²) in [6.45, 7) is 2.78. The highest BCUT2D eigenvalue weighted by Crippen LogP contribution is 2.22. The number of aromatic carboxylic acids is 1. The van der Waals surface area contributed by atoms with Gasteiger partial charge in [-0.25, -0.2) is 14.8 Å². The molecule has 0 spiro atoms. The second-order valence-electron chi connectivity index (χ2n) is 4.42. The molecule has 0 saturated carbocycles. The molecule has 0 bridgehead atoms. The SMILES string of the molecule is CCCCOc1ccc(-c2ncc(Cl)c(C(=O)O)n2)cc1. The molecule has 110 valence electrons. The van der Waals surface area contributed by atoms with Crippen LogP contribution < -0.4 is 4.74 Å². The van der Waals surface area contributed by atoms with Gasteiger partial charge in [-0.05, 0) is 30.7 Å². The first-order valence-electron chi connectivity index (χ1n) is 6.61. The van der Waals surface area contributed by atoms with Gasteiger partial charge in [-0.15, -0.1) is 0 Å². The fraction of sp³-hybridized carbons (Fsp3) is 0.267. The second kappa shape index (κ2) is 7.04. The Balaban J connectivity index is 2.18. The zero-order valence-corrected chi connectivity index (χ0v) is 12.3. The van der Waals surface area contributed by atoms with Gasteiger partial charge in [0.1, 0.15) is 5.75 Å². The standard InChI is InChI=1S/C15H15ClN2O3/c1-2-3-8-21-11-6-4-10(5-7-11)14-17-9-12(16)13(18-14)15(19)20/h4-7,9H,2-3,8H2,1H3,(H,19,20). The number of aromatic nitrogens is 2. The Labute approximate surface area is 127 Å². The number of nitrogens with zero attached hydrogens (tertiary/aromatic N) is 2. The van der Waals surface area contributed by atoms with Gasteiger partial charge in [0.25, 0.3) is 0 Å². The minimum absolute atomic E-state index is 0.0192. The van der Waals surface area contributed by atoms with E-state index in [0.717, 1.165) is 18.6 Å². The predicted octanol–water partition coefficient (Wildman–Crippen LogP) is 3.67. The zero-order valence-electron chi connectivity index (χ0n) is 11.5. The third kappa shape index (κ3) is 3.92. The molecular weight excluding hydrogens is 292 g/mol. The van der Waals surface area contributed by atoms with Crippen LogP contribution in [0.15, 0.2) is 30.5 Å². The lowest BCUT2D eigenvalue weighted by molar-refractivity contribution is 0.0690. The van der Waals surface area contributed by atoms with Crippen LogP contribution in [0.4, 0.5) is 0 Å². The maximum atomic E-state index is 11.0. The molecule has 0 aliphatic rings. The Morgan fingerprint density at radius 1 is 1.33 bits per heavy atom. The Hall–Kier alpha value is -2.14. The maximum Gasteiger partial charge on any atom is 0.356 e. The van der Waals surface area contributed by atoms with Crippen molar-refractivity contribution in [2.45, 2.75) is 19.8 Å². The molecule has 0 atom stereocenters. The number of carbonyl (C=O) groups is 1. The smallest absolute Gasteiger partial charge is 0.356 e. The lowest BCUT2D eigenvalue weighted by Crippen LogP contribution is -2.04. The van der Waals surface area contributed by atoms with Crippen LogP contribution in [0, 0.1) is 0 Å². The van der Waals surface area contributed by atoms with Crippen molar-refractivity contribution in [1.82, 2.24) is 9.97 Å². The van der Waals surface area contributed by atoms with Crippen molar-refractivity contribution in [2.75, 3.05) is 6.61 Å². The average Bonchev–Trinajstić information content (AvgIpc) is 2.48. The van der Waals surface area contributed by atoms with Gasteiger partial charge in [0.05, 0.1) is 17.8 Å². The summed E-state index contributed by atoms with van der Waals surface area (Å²) in [4.78, 5) is 19.0. The number of benzene rings is 1. The third-order valence-electron chi connectivity index (χ3n) is 2.83. The number of ether oxygens (including phenoxy) is 1. The normalized spacial score (nSPS) is 10.4. The maximum absolute atomic E-state index is 11.0. The molecule has 2 rings (SSSR count). The van der Waals surface area contributed by atoms with E-state index in [1.807, 2.05) is 12.1 Å². The molecule has 1 heterocycles. The van der Waals surface area contributed by atoms with E-state index in [1.54, 1.807) is 12.1 Å². The summed E-state index contributed by atoms with van der Waals surface area (Å²) >= 11 is 5.75. The minimum Gasteiger partial charge on any atom is -0.494 e. The van der Waals surface area contributed by atoms with Gasteiger partial charge in [-0.1, -0.05) is 24.9 Å². The van der Waals surface area contributed by atoms with Crippen LogP contribution in [-0.2, 0) is 0 Å². The van der Waals surface area contributed by atoms with Crippen LogP contribution in [0.5, 0.6) is 5.75 Å². The molecule has 21 heavy (non-hydrogen) atoms. The molecule has 0 radical (unpaired) electrons. The number of unbranched alkanes of at least 4 members (excludes halogenated alkanes) is 1. The molecule has 1 N–H and O–H groups in total. The molecule has 0 saturated heterocycles. The molecule has 0 aliphatic heterocycles. The van der Waals surface area contributed by atoms with Crippen LogP contribution in [0.1, 0.15) is 30.3 Å². The molecule has 5 nitrogen and oxygen atoms in total. The van der Waals surface area contributed by atoms with E-state index in [2.05, 4.69) is 16.9 Å². The quantitative estimate of drug-likeness (QED) is 0.824. The molecular formula is C15H15ClN2O3. The summed E-state index contributed by atoms with van der Waals surface area (Å²) in [6, 6.07) is 7.19. The average molecular weight is 307 g/mol. The van der Waals surface area contributed by atoms with Gasteiger partial charge < -0.3 is 9.84 Å². The molecule has 0 aliphatic carbocycles. The largest absolute Gasteiger partial charge is 0.494 e. The van der Waals surface area contributed by atoms with E-state index in [-0.39, 0.29) is 10.7 Å². The number of carboxylic acids is 1. The van der Waals surface area contributed by atoms with Crippen LogP contribution in [0.3, 0.4) is 0 Å². The van der Waals surface area contributed by atoms with E-state index in [0.29, 0.717) is 18.0 Å². The monoisotopic (exact) mass is 306 g/mol. The van der Waals surface area contributed by atoms with Crippen molar-refractivity contribution in [3.63, 3.8) is 0 Å². The van der Waals surface area contributed by atoms with Gasteiger partial charge in [0.15, 0.2) is 11.5 Å². The number of rotatable bonds is 6. The first kappa shape index (κ1) is 15.3. The van der Waals surface area contributed by atoms with E-state index in [9.17, 15) is 4.79 Å². The Kier molecular flexibility index (Phi) is 5.11. The fourth-order valence-corrected chi connectivity index (χ4v) is 1.86. The van der Waals surface area contributed by atoms with Crippen LogP contribution in [0.25, 0.3) is 11.4 Å². The topological polar surface area (TPSA) is 72.3 Å². The number of hydrogen-bond acceptors (Lipinski definition) is 4. The van der Waals surface area contributed by atoms with Gasteiger partial charge in [-0.3, -0.25) is 0 Å². The van der Waals surface area contributed by atoms with Crippen LogP contribution in [0.2, 0.25) is 5.02 Å². The van der Waals surface area contributed by atoms with E-state index < -0.39 is 5.97 Å². The molecule has 1 aromatic heterocycles. The van der Waals surface area contributed by atoms with Crippen LogP contribution >= 0.6 is 11.6 Å². The summed E-state index contributed by atoms with van der Waals surface area (Å²) in [5.74, 6) is -0.0975. The van der Waals surface area contributed by atoms with Gasteiger partial charge in [-0.2, -0.15) is 0 Å². The number of halogens is 1. The Morgan fingerprint density at radius 2 is 2.05 bits per heavy atom. The molecule has 1 aromatic carbocycles. The minimum atomic E-state index is -1.18. The van der Waals surface area contributed by atoms with Crippen molar-refractivity contribution in [3.8, 4) is 17.1 Å². The number of hydrogen-bond donors (Lipinski definition) is 1. The predicted molar refractivity (Wildman–Crippen MR) is 79.8 cm³/mol. The van der Waals surface area contributed by atoms with Crippen molar-refractivity contribution in [2.24, 2.45) is 0 Å². The highest BCUT2D eigenvalue weighted by atomic mass is 35.5. The van der Waals surface area contributed by atoms with Crippen molar-refractivity contribution in [1.29, 1.82) is 0 Å². The molecule has 6 heteroatoms. The highest BCUT2D eigenvalue weighted by Gasteiger charge is 2.13. The summed E-state index contributed by atoms with van der Waals surface area (Å²) in [7, 11) is 0. The molecule has 2 aromatic rings. The van der Waals surface area contributed by atoms with Crippen molar-refractivity contribution < 1.29 is 14.6 Å². The highest BCUT2D eigenvalue weighted by molar-refractivity contribution is 6.33. The van der Waals surface area contributed by atoms with Gasteiger partial charge in [0.2, 0.25) is 0 Å². The zero-order chi connectivity index (χ0) is 15.2. The summed E-state index contributed by atoms with van der Waals surface area (Å²) in [6.07, 6.45) is 3.37. The van der Waals surface area contributed by atoms with E-state index >= 15 is 0 Å². The van der Waals surface area contributed by atoms with Gasteiger partial charge >= 0.3 is 5.97 Å². The lowest BCUT2D eigenvalue weighted by atomic mass is 10.2. The first-order valence-corrected chi connectivity index (χ1v) is 6.98. The lowest BCUT2D eigenvalue weighted by Gasteiger charge is -2.06. The Morgan fingerprint density at radius 3 is 2.67 bits per heavy atom. The molecule has 0 amide bonds. The van der Waals surface area contributed by atoms with Crippen LogP contribution in [-0.4, -0.2) is 27.7 Å². The second-order valence-corrected chi connectivity index (χ2v) is 4.83. The first-order chi connectivity index (χ1) is 10.1. The van der Waals surface area contributed by atoms with E-state index in [4.69, 9.17) is 21.4 Å². The summed E-state index contributed by atoms with van der Waals surface area (Å²) in [5.41, 5.74) is 0.502. The van der Waals surface area contributed by atoms with Gasteiger partial charge in [0, 0.05) is 5.56 Å². The van der Waals surface area contributed by atoms with E-state index in [1.165, 1.54) is 6.20 Å². The third-order valence-corrected chi connectivity index (χ3v) is 3.10. The molecule has 0 unspecified atom stereocenters. The molecule has 0 fully saturated rings.